The number of benzene rings is 2. The topological polar surface area (TPSA) is 25.8 Å². The van der Waals surface area contributed by atoms with Gasteiger partial charge in [-0.2, -0.15) is 0 Å². The van der Waals surface area contributed by atoms with Crippen molar-refractivity contribution in [3.8, 4) is 42.0 Å². The molecule has 0 N–H and O–H groups in total. The molecule has 0 radical (unpaired) electrons. The van der Waals surface area contributed by atoms with Gasteiger partial charge in [-0.3, -0.25) is 0 Å². The molecule has 0 saturated heterocycles. The molecule has 6 rings (SSSR count). The van der Waals surface area contributed by atoms with Crippen LogP contribution < -0.4 is 0 Å². The zero-order chi connectivity index (χ0) is 21.5. The molecule has 0 atom stereocenters. The first-order valence-electron chi connectivity index (χ1n) is 10.3. The van der Waals surface area contributed by atoms with Gasteiger partial charge in [0.1, 0.15) is 11.0 Å². The molecule has 0 aliphatic carbocycles. The highest BCUT2D eigenvalue weighted by atomic mass is 32.1. The molecule has 2 aromatic carbocycles. The van der Waals surface area contributed by atoms with E-state index in [-0.39, 0.29) is 0 Å². The van der Waals surface area contributed by atoms with Gasteiger partial charge in [0.2, 0.25) is 0 Å². The SMILES string of the molecule is Cc1ccc(-c2sc(-c3cccs3)c3nc(-c4ccccc4)c(-c4ccccc4)nc23)s1. The van der Waals surface area contributed by atoms with Crippen molar-refractivity contribution < 1.29 is 0 Å². The number of hydrogen-bond donors (Lipinski definition) is 0. The van der Waals surface area contributed by atoms with Gasteiger partial charge >= 0.3 is 0 Å². The maximum atomic E-state index is 5.30. The normalized spacial score (nSPS) is 11.3. The number of thiophene rings is 3. The number of nitrogens with zero attached hydrogens (tertiary/aromatic N) is 2. The van der Waals surface area contributed by atoms with Crippen LogP contribution >= 0.6 is 34.0 Å². The third kappa shape index (κ3) is 3.39. The van der Waals surface area contributed by atoms with Crippen LogP contribution in [0.15, 0.2) is 90.3 Å². The lowest BCUT2D eigenvalue weighted by Crippen LogP contribution is -1.95. The van der Waals surface area contributed by atoms with Crippen molar-refractivity contribution >= 4 is 45.0 Å². The molecule has 0 fully saturated rings. The predicted octanol–water partition coefficient (Wildman–Crippen LogP) is 8.79. The van der Waals surface area contributed by atoms with Crippen molar-refractivity contribution in [2.24, 2.45) is 0 Å². The number of rotatable bonds is 4. The summed E-state index contributed by atoms with van der Waals surface area (Å²) in [6, 6.07) is 29.4. The summed E-state index contributed by atoms with van der Waals surface area (Å²) in [6.07, 6.45) is 0. The Kier molecular flexibility index (Phi) is 4.95. The largest absolute Gasteiger partial charge is 0.242 e. The predicted molar refractivity (Wildman–Crippen MR) is 140 cm³/mol. The van der Waals surface area contributed by atoms with E-state index >= 15 is 0 Å². The van der Waals surface area contributed by atoms with Crippen LogP contribution in [0.25, 0.3) is 53.1 Å². The maximum Gasteiger partial charge on any atom is 0.110 e. The standard InChI is InChI=1S/C27H18N2S3/c1-17-14-15-21(31-17)27-25-24(26(32-27)20-13-8-16-30-20)28-22(18-9-4-2-5-10-18)23(29-25)19-11-6-3-7-12-19/h2-16H,1H3. The van der Waals surface area contributed by atoms with Crippen molar-refractivity contribution in [3.05, 3.63) is 95.2 Å². The summed E-state index contributed by atoms with van der Waals surface area (Å²) in [7, 11) is 0. The van der Waals surface area contributed by atoms with Gasteiger partial charge in [0, 0.05) is 25.8 Å². The Balaban J connectivity index is 1.71. The van der Waals surface area contributed by atoms with E-state index in [1.165, 1.54) is 24.4 Å². The highest BCUT2D eigenvalue weighted by molar-refractivity contribution is 7.27. The molecule has 5 heteroatoms. The summed E-state index contributed by atoms with van der Waals surface area (Å²) in [5, 5.41) is 2.12. The fraction of sp³-hybridized carbons (Fsp3) is 0.0370. The zero-order valence-corrected chi connectivity index (χ0v) is 19.7. The van der Waals surface area contributed by atoms with E-state index in [1.807, 2.05) is 23.5 Å². The molecule has 0 unspecified atom stereocenters. The van der Waals surface area contributed by atoms with Crippen LogP contribution in [-0.2, 0) is 0 Å². The molecule has 0 spiro atoms. The van der Waals surface area contributed by atoms with Crippen molar-refractivity contribution in [3.63, 3.8) is 0 Å². The van der Waals surface area contributed by atoms with Crippen LogP contribution in [0.2, 0.25) is 0 Å². The van der Waals surface area contributed by atoms with E-state index in [0.717, 1.165) is 33.5 Å². The summed E-state index contributed by atoms with van der Waals surface area (Å²) in [6.45, 7) is 2.15. The van der Waals surface area contributed by atoms with Crippen molar-refractivity contribution in [2.75, 3.05) is 0 Å². The summed E-state index contributed by atoms with van der Waals surface area (Å²) in [4.78, 5) is 16.8. The molecular formula is C27H18N2S3. The number of fused-ring (bicyclic) bond motifs is 1. The Morgan fingerprint density at radius 1 is 0.562 bits per heavy atom. The lowest BCUT2D eigenvalue weighted by atomic mass is 10.0. The minimum Gasteiger partial charge on any atom is -0.242 e. The molecule has 0 aliphatic rings. The Hall–Kier alpha value is -3.12. The summed E-state index contributed by atoms with van der Waals surface area (Å²) >= 11 is 5.37. The highest BCUT2D eigenvalue weighted by Crippen LogP contribution is 2.47. The number of aryl methyl sites for hydroxylation is 1. The zero-order valence-electron chi connectivity index (χ0n) is 17.3. The first kappa shape index (κ1) is 19.6. The van der Waals surface area contributed by atoms with Crippen LogP contribution in [0.3, 0.4) is 0 Å². The fourth-order valence-electron chi connectivity index (χ4n) is 3.84. The molecule has 6 aromatic rings. The highest BCUT2D eigenvalue weighted by Gasteiger charge is 2.22. The average Bonchev–Trinajstić information content (AvgIpc) is 3.59. The van der Waals surface area contributed by atoms with E-state index in [1.54, 1.807) is 22.7 Å². The van der Waals surface area contributed by atoms with Crippen LogP contribution in [0.4, 0.5) is 0 Å². The Bertz CT molecular complexity index is 1510. The molecule has 4 aromatic heterocycles. The van der Waals surface area contributed by atoms with Gasteiger partial charge in [0.05, 0.1) is 21.1 Å². The third-order valence-corrected chi connectivity index (χ3v) is 8.73. The molecule has 32 heavy (non-hydrogen) atoms. The Morgan fingerprint density at radius 3 is 1.66 bits per heavy atom. The summed E-state index contributed by atoms with van der Waals surface area (Å²) in [5.74, 6) is 0. The van der Waals surface area contributed by atoms with E-state index in [0.29, 0.717) is 0 Å². The smallest absolute Gasteiger partial charge is 0.110 e. The van der Waals surface area contributed by atoms with Crippen LogP contribution in [0.5, 0.6) is 0 Å². The molecule has 154 valence electrons. The monoisotopic (exact) mass is 466 g/mol. The molecule has 0 amide bonds. The van der Waals surface area contributed by atoms with Gasteiger partial charge in [0.15, 0.2) is 0 Å². The first-order valence-corrected chi connectivity index (χ1v) is 12.9. The Labute approximate surface area is 198 Å². The van der Waals surface area contributed by atoms with Crippen LogP contribution in [0, 0.1) is 6.92 Å². The molecule has 4 heterocycles. The van der Waals surface area contributed by atoms with E-state index < -0.39 is 0 Å². The van der Waals surface area contributed by atoms with Crippen LogP contribution in [-0.4, -0.2) is 9.97 Å². The van der Waals surface area contributed by atoms with Gasteiger partial charge in [-0.1, -0.05) is 66.7 Å². The Morgan fingerprint density at radius 2 is 1.16 bits per heavy atom. The van der Waals surface area contributed by atoms with E-state index in [9.17, 15) is 0 Å². The van der Waals surface area contributed by atoms with E-state index in [2.05, 4.69) is 85.1 Å². The second-order valence-electron chi connectivity index (χ2n) is 7.50. The fourth-order valence-corrected chi connectivity index (χ4v) is 6.86. The maximum absolute atomic E-state index is 5.30. The first-order chi connectivity index (χ1) is 15.8. The third-order valence-electron chi connectivity index (χ3n) is 5.33. The quantitative estimate of drug-likeness (QED) is 0.259. The van der Waals surface area contributed by atoms with Gasteiger partial charge in [0.25, 0.3) is 0 Å². The molecular weight excluding hydrogens is 449 g/mol. The average molecular weight is 467 g/mol. The molecule has 0 bridgehead atoms. The van der Waals surface area contributed by atoms with Gasteiger partial charge < -0.3 is 0 Å². The molecule has 0 aliphatic heterocycles. The second kappa shape index (κ2) is 8.10. The summed E-state index contributed by atoms with van der Waals surface area (Å²) in [5.41, 5.74) is 5.98. The van der Waals surface area contributed by atoms with Crippen LogP contribution in [0.1, 0.15) is 4.88 Å². The van der Waals surface area contributed by atoms with E-state index in [4.69, 9.17) is 9.97 Å². The minimum absolute atomic E-state index is 0.925. The van der Waals surface area contributed by atoms with Gasteiger partial charge in [-0.25, -0.2) is 9.97 Å². The molecule has 0 saturated carbocycles. The lowest BCUT2D eigenvalue weighted by molar-refractivity contribution is 1.30. The lowest BCUT2D eigenvalue weighted by Gasteiger charge is -2.10. The van der Waals surface area contributed by atoms with Crippen molar-refractivity contribution in [1.82, 2.24) is 9.97 Å². The number of hydrogen-bond acceptors (Lipinski definition) is 5. The summed E-state index contributed by atoms with van der Waals surface area (Å²) < 4.78 is 0. The van der Waals surface area contributed by atoms with Gasteiger partial charge in [-0.05, 0) is 30.5 Å². The van der Waals surface area contributed by atoms with Crippen molar-refractivity contribution in [1.29, 1.82) is 0 Å². The molecule has 2 nitrogen and oxygen atoms in total. The minimum atomic E-state index is 0.925. The van der Waals surface area contributed by atoms with Gasteiger partial charge in [-0.15, -0.1) is 34.0 Å². The van der Waals surface area contributed by atoms with Crippen molar-refractivity contribution in [2.45, 2.75) is 6.92 Å². The number of aromatic nitrogens is 2. The second-order valence-corrected chi connectivity index (χ2v) is 10.8.